The van der Waals surface area contributed by atoms with Crippen LogP contribution in [0.1, 0.15) is 34.8 Å². The quantitative estimate of drug-likeness (QED) is 0.218. The Balaban J connectivity index is 1.39. The molecule has 0 spiro atoms. The largest absolute Gasteiger partial charge is 0.478 e. The lowest BCUT2D eigenvalue weighted by molar-refractivity contribution is -0.133. The van der Waals surface area contributed by atoms with Gasteiger partial charge in [-0.25, -0.2) is 22.9 Å². The molecule has 1 atom stereocenters. The maximum Gasteiger partial charge on any atom is 0.335 e. The van der Waals surface area contributed by atoms with Gasteiger partial charge in [0.05, 0.1) is 16.5 Å². The average molecular weight is 596 g/mol. The first-order valence-corrected chi connectivity index (χ1v) is 15.6. The Kier molecular flexibility index (Phi) is 9.04. The van der Waals surface area contributed by atoms with Crippen molar-refractivity contribution in [2.24, 2.45) is 0 Å². The second-order valence-corrected chi connectivity index (χ2v) is 12.0. The van der Waals surface area contributed by atoms with Gasteiger partial charge in [-0.1, -0.05) is 97.9 Å². The van der Waals surface area contributed by atoms with E-state index in [-0.39, 0.29) is 16.5 Å². The van der Waals surface area contributed by atoms with Gasteiger partial charge in [0.25, 0.3) is 15.9 Å². The third-order valence-corrected chi connectivity index (χ3v) is 8.75. The number of carboxylic acid groups (broad SMARTS) is 1. The first kappa shape index (κ1) is 29.8. The van der Waals surface area contributed by atoms with Gasteiger partial charge in [-0.3, -0.25) is 4.79 Å². The topological polar surface area (TPSA) is 116 Å². The Hall–Kier alpha value is -4.73. The summed E-state index contributed by atoms with van der Waals surface area (Å²) in [7, 11) is -4.16. The zero-order chi connectivity index (χ0) is 30.4. The molecule has 9 heteroatoms. The Morgan fingerprint density at radius 1 is 0.837 bits per heavy atom. The summed E-state index contributed by atoms with van der Waals surface area (Å²) in [6.07, 6.45) is 1.80. The van der Waals surface area contributed by atoms with Crippen molar-refractivity contribution in [1.29, 1.82) is 0 Å². The van der Waals surface area contributed by atoms with E-state index in [1.54, 1.807) is 48.5 Å². The van der Waals surface area contributed by atoms with Crippen LogP contribution < -0.4 is 10.1 Å². The molecular formula is C34H33N3O5S. The predicted molar refractivity (Wildman–Crippen MR) is 165 cm³/mol. The van der Waals surface area contributed by atoms with Crippen molar-refractivity contribution in [1.82, 2.24) is 15.2 Å². The number of aliphatic carboxylic acids is 1. The minimum atomic E-state index is -4.16. The van der Waals surface area contributed by atoms with Gasteiger partial charge in [0, 0.05) is 29.8 Å². The van der Waals surface area contributed by atoms with E-state index in [9.17, 15) is 23.1 Å². The standard InChI is InChI=1S/C34H33N3O5S/c1-2-21-37-30(32(34(39)40)29(35-37)22-24-11-5-3-6-12-24)23-25-17-19-26(20-18-25)28-15-9-10-16-31(28)43(41,42)36-33(38)27-13-7-4-8-14-27/h3-20,30,35H,2,21-23H2,1H3,(H,36,38)(H,39,40). The van der Waals surface area contributed by atoms with Crippen LogP contribution in [0.3, 0.4) is 0 Å². The highest BCUT2D eigenvalue weighted by molar-refractivity contribution is 7.90. The number of carboxylic acids is 1. The first-order chi connectivity index (χ1) is 20.8. The van der Waals surface area contributed by atoms with E-state index >= 15 is 0 Å². The fourth-order valence-corrected chi connectivity index (χ4v) is 6.55. The fraction of sp³-hybridized carbons (Fsp3) is 0.176. The first-order valence-electron chi connectivity index (χ1n) is 14.1. The molecule has 0 aromatic heterocycles. The number of hydrogen-bond acceptors (Lipinski definition) is 6. The highest BCUT2D eigenvalue weighted by Crippen LogP contribution is 2.30. The SMILES string of the molecule is CCCN1NC(Cc2ccccc2)=C(C(=O)O)C1Cc1ccc(-c2ccccc2S(=O)(=O)NC(=O)c2ccccc2)cc1. The summed E-state index contributed by atoms with van der Waals surface area (Å²) in [6, 6.07) is 31.5. The maximum atomic E-state index is 13.3. The molecule has 0 radical (unpaired) electrons. The van der Waals surface area contributed by atoms with Crippen LogP contribution in [0.15, 0.2) is 125 Å². The van der Waals surface area contributed by atoms with Gasteiger partial charge < -0.3 is 10.5 Å². The molecule has 0 aliphatic carbocycles. The number of rotatable bonds is 11. The lowest BCUT2D eigenvalue weighted by atomic mass is 9.95. The second kappa shape index (κ2) is 13.1. The smallest absolute Gasteiger partial charge is 0.335 e. The number of carbonyl (C=O) groups is 2. The van der Waals surface area contributed by atoms with Crippen LogP contribution in [0.2, 0.25) is 0 Å². The number of amides is 1. The minimum Gasteiger partial charge on any atom is -0.478 e. The Morgan fingerprint density at radius 3 is 2.12 bits per heavy atom. The van der Waals surface area contributed by atoms with Gasteiger partial charge in [0.1, 0.15) is 0 Å². The highest BCUT2D eigenvalue weighted by Gasteiger charge is 2.36. The summed E-state index contributed by atoms with van der Waals surface area (Å²) in [5, 5.41) is 12.2. The lowest BCUT2D eigenvalue weighted by Crippen LogP contribution is -2.41. The van der Waals surface area contributed by atoms with E-state index in [0.717, 1.165) is 17.5 Å². The number of carbonyl (C=O) groups excluding carboxylic acids is 1. The molecule has 1 heterocycles. The van der Waals surface area contributed by atoms with Crippen molar-refractivity contribution in [3.8, 4) is 11.1 Å². The van der Waals surface area contributed by atoms with Gasteiger partial charge >= 0.3 is 5.97 Å². The zero-order valence-electron chi connectivity index (χ0n) is 23.7. The van der Waals surface area contributed by atoms with Crippen molar-refractivity contribution in [2.45, 2.75) is 37.1 Å². The van der Waals surface area contributed by atoms with Crippen molar-refractivity contribution in [2.75, 3.05) is 6.54 Å². The van der Waals surface area contributed by atoms with Crippen LogP contribution in [0, 0.1) is 0 Å². The molecule has 0 saturated heterocycles. The summed E-state index contributed by atoms with van der Waals surface area (Å²) >= 11 is 0. The second-order valence-electron chi connectivity index (χ2n) is 10.4. The molecule has 1 unspecified atom stereocenters. The molecule has 220 valence electrons. The summed E-state index contributed by atoms with van der Waals surface area (Å²) in [4.78, 5) is 25.1. The normalized spacial score (nSPS) is 15.2. The lowest BCUT2D eigenvalue weighted by Gasteiger charge is -2.25. The molecule has 0 bridgehead atoms. The number of sulfonamides is 1. The number of benzene rings is 4. The van der Waals surface area contributed by atoms with Crippen molar-refractivity contribution >= 4 is 21.9 Å². The summed E-state index contributed by atoms with van der Waals surface area (Å²) < 4.78 is 28.7. The third kappa shape index (κ3) is 6.85. The molecule has 43 heavy (non-hydrogen) atoms. The molecular weight excluding hydrogens is 562 g/mol. The van der Waals surface area contributed by atoms with E-state index in [2.05, 4.69) is 17.1 Å². The maximum absolute atomic E-state index is 13.3. The average Bonchev–Trinajstić information content (AvgIpc) is 3.34. The van der Waals surface area contributed by atoms with Crippen LogP contribution in [0.4, 0.5) is 0 Å². The molecule has 3 N–H and O–H groups in total. The molecule has 0 saturated carbocycles. The monoisotopic (exact) mass is 595 g/mol. The molecule has 8 nitrogen and oxygen atoms in total. The molecule has 0 fully saturated rings. The molecule has 4 aromatic carbocycles. The molecule has 1 amide bonds. The number of allylic oxidation sites excluding steroid dienone is 1. The van der Waals surface area contributed by atoms with Gasteiger partial charge in [0.15, 0.2) is 0 Å². The summed E-state index contributed by atoms with van der Waals surface area (Å²) in [5.74, 6) is -1.66. The van der Waals surface area contributed by atoms with Gasteiger partial charge in [-0.05, 0) is 47.7 Å². The number of hydrazine groups is 1. The minimum absolute atomic E-state index is 0.0113. The van der Waals surface area contributed by atoms with Crippen molar-refractivity contribution in [3.63, 3.8) is 0 Å². The number of nitrogens with one attached hydrogen (secondary N) is 2. The Morgan fingerprint density at radius 2 is 1.47 bits per heavy atom. The van der Waals surface area contributed by atoms with Gasteiger partial charge in [-0.15, -0.1) is 0 Å². The predicted octanol–water partition coefficient (Wildman–Crippen LogP) is 5.20. The zero-order valence-corrected chi connectivity index (χ0v) is 24.6. The van der Waals surface area contributed by atoms with Crippen molar-refractivity contribution in [3.05, 3.63) is 137 Å². The Bertz CT molecular complexity index is 1740. The fourth-order valence-electron chi connectivity index (χ4n) is 5.35. The molecule has 4 aromatic rings. The van der Waals surface area contributed by atoms with E-state index in [1.807, 2.05) is 59.6 Å². The highest BCUT2D eigenvalue weighted by atomic mass is 32.2. The van der Waals surface area contributed by atoms with E-state index in [0.29, 0.717) is 41.8 Å². The van der Waals surface area contributed by atoms with Crippen molar-refractivity contribution < 1.29 is 23.1 Å². The van der Waals surface area contributed by atoms with E-state index in [1.165, 1.54) is 6.07 Å². The van der Waals surface area contributed by atoms with E-state index < -0.39 is 21.9 Å². The van der Waals surface area contributed by atoms with Crippen LogP contribution in [0.25, 0.3) is 11.1 Å². The summed E-state index contributed by atoms with van der Waals surface area (Å²) in [6.45, 7) is 2.73. The molecule has 1 aliphatic heterocycles. The van der Waals surface area contributed by atoms with Crippen LogP contribution in [0.5, 0.6) is 0 Å². The molecule has 5 rings (SSSR count). The Labute approximate surface area is 251 Å². The number of hydrogen-bond donors (Lipinski definition) is 3. The molecule has 1 aliphatic rings. The van der Waals surface area contributed by atoms with Crippen LogP contribution in [-0.4, -0.2) is 43.0 Å². The number of nitrogens with zero attached hydrogens (tertiary/aromatic N) is 1. The van der Waals surface area contributed by atoms with Gasteiger partial charge in [-0.2, -0.15) is 0 Å². The van der Waals surface area contributed by atoms with Crippen LogP contribution in [-0.2, 0) is 27.7 Å². The van der Waals surface area contributed by atoms with Crippen LogP contribution >= 0.6 is 0 Å². The summed E-state index contributed by atoms with van der Waals surface area (Å²) in [5.41, 5.74) is 7.69. The van der Waals surface area contributed by atoms with E-state index in [4.69, 9.17) is 0 Å². The van der Waals surface area contributed by atoms with Gasteiger partial charge in [0.2, 0.25) is 0 Å². The third-order valence-electron chi connectivity index (χ3n) is 7.37.